The number of pyridine rings is 1. The molecule has 0 bridgehead atoms. The fraction of sp³-hybridized carbons (Fsp3) is 0.600. The zero-order valence-electron chi connectivity index (χ0n) is 11.9. The van der Waals surface area contributed by atoms with E-state index in [1.54, 1.807) is 12.1 Å². The summed E-state index contributed by atoms with van der Waals surface area (Å²) in [7, 11) is 0. The Morgan fingerprint density at radius 3 is 2.85 bits per heavy atom. The number of aromatic nitrogens is 1. The maximum Gasteiger partial charge on any atom is 0.272 e. The number of nitrogen functional groups attached to an aromatic ring is 1. The first-order chi connectivity index (χ1) is 9.54. The van der Waals surface area contributed by atoms with Gasteiger partial charge in [0, 0.05) is 12.7 Å². The molecule has 2 rings (SSSR count). The van der Waals surface area contributed by atoms with Gasteiger partial charge in [0.05, 0.1) is 11.3 Å². The van der Waals surface area contributed by atoms with Crippen LogP contribution in [0, 0.1) is 5.92 Å². The van der Waals surface area contributed by atoms with Crippen LogP contribution in [0.25, 0.3) is 0 Å². The van der Waals surface area contributed by atoms with Gasteiger partial charge in [-0.05, 0) is 43.7 Å². The van der Waals surface area contributed by atoms with Crippen molar-refractivity contribution < 1.29 is 9.90 Å². The number of rotatable bonds is 4. The number of amides is 1. The van der Waals surface area contributed by atoms with Crippen LogP contribution in [0.3, 0.4) is 0 Å². The molecule has 0 aliphatic heterocycles. The molecule has 0 aromatic carbocycles. The molecule has 4 N–H and O–H groups in total. The first kappa shape index (κ1) is 14.8. The highest BCUT2D eigenvalue weighted by atomic mass is 16.3. The smallest absolute Gasteiger partial charge is 0.272 e. The minimum absolute atomic E-state index is 0.221. The number of hydrogen-bond acceptors (Lipinski definition) is 4. The van der Waals surface area contributed by atoms with Crippen LogP contribution >= 0.6 is 0 Å². The molecular formula is C15H23N3O2. The SMILES string of the molecule is CCC1CCC(O)(CNC(=O)c2ncccc2N)CC1. The third kappa shape index (κ3) is 3.48. The highest BCUT2D eigenvalue weighted by molar-refractivity contribution is 5.97. The van der Waals surface area contributed by atoms with Crippen LogP contribution in [0.15, 0.2) is 18.3 Å². The van der Waals surface area contributed by atoms with Crippen LogP contribution in [0.4, 0.5) is 5.69 Å². The maximum absolute atomic E-state index is 12.0. The van der Waals surface area contributed by atoms with Crippen molar-refractivity contribution in [2.24, 2.45) is 5.92 Å². The summed E-state index contributed by atoms with van der Waals surface area (Å²) < 4.78 is 0. The Labute approximate surface area is 119 Å². The van der Waals surface area contributed by atoms with Crippen LogP contribution in [0.5, 0.6) is 0 Å². The molecule has 0 saturated heterocycles. The first-order valence-corrected chi connectivity index (χ1v) is 7.25. The number of nitrogens with one attached hydrogen (secondary N) is 1. The third-order valence-electron chi connectivity index (χ3n) is 4.25. The average molecular weight is 277 g/mol. The summed E-state index contributed by atoms with van der Waals surface area (Å²) in [5.41, 5.74) is 5.50. The fourth-order valence-corrected chi connectivity index (χ4v) is 2.74. The Morgan fingerprint density at radius 2 is 2.25 bits per heavy atom. The van der Waals surface area contributed by atoms with Crippen molar-refractivity contribution in [1.82, 2.24) is 10.3 Å². The summed E-state index contributed by atoms with van der Waals surface area (Å²) in [5.74, 6) is 0.381. The van der Waals surface area contributed by atoms with Crippen LogP contribution in [-0.4, -0.2) is 28.1 Å². The number of aliphatic hydroxyl groups is 1. The predicted molar refractivity (Wildman–Crippen MR) is 78.2 cm³/mol. The average Bonchev–Trinajstić information content (AvgIpc) is 2.46. The van der Waals surface area contributed by atoms with E-state index in [1.807, 2.05) is 0 Å². The number of nitrogens with zero attached hydrogens (tertiary/aromatic N) is 1. The Morgan fingerprint density at radius 1 is 1.55 bits per heavy atom. The predicted octanol–water partition coefficient (Wildman–Crippen LogP) is 1.72. The van der Waals surface area contributed by atoms with Gasteiger partial charge < -0.3 is 16.2 Å². The van der Waals surface area contributed by atoms with Gasteiger partial charge in [-0.3, -0.25) is 4.79 Å². The maximum atomic E-state index is 12.0. The van der Waals surface area contributed by atoms with Gasteiger partial charge in [-0.2, -0.15) is 0 Å². The summed E-state index contributed by atoms with van der Waals surface area (Å²) in [4.78, 5) is 16.0. The van der Waals surface area contributed by atoms with E-state index < -0.39 is 5.60 Å². The van der Waals surface area contributed by atoms with E-state index in [-0.39, 0.29) is 18.1 Å². The molecule has 1 amide bonds. The van der Waals surface area contributed by atoms with Crippen LogP contribution in [0.1, 0.15) is 49.5 Å². The van der Waals surface area contributed by atoms with Crippen molar-refractivity contribution >= 4 is 11.6 Å². The molecule has 1 aromatic heterocycles. The summed E-state index contributed by atoms with van der Waals surface area (Å²) >= 11 is 0. The molecule has 1 aromatic rings. The standard InChI is InChI=1S/C15H23N3O2/c1-2-11-5-7-15(20,8-6-11)10-18-14(19)13-12(16)4-3-9-17-13/h3-4,9,11,20H,2,5-8,10,16H2,1H3,(H,18,19). The molecule has 0 atom stereocenters. The molecular weight excluding hydrogens is 254 g/mol. The van der Waals surface area contributed by atoms with E-state index in [0.717, 1.165) is 32.1 Å². The number of carbonyl (C=O) groups excluding carboxylic acids is 1. The van der Waals surface area contributed by atoms with Gasteiger partial charge in [-0.25, -0.2) is 4.98 Å². The number of nitrogens with two attached hydrogens (primary N) is 1. The molecule has 1 fully saturated rings. The third-order valence-corrected chi connectivity index (χ3v) is 4.25. The van der Waals surface area contributed by atoms with E-state index >= 15 is 0 Å². The molecule has 5 nitrogen and oxygen atoms in total. The van der Waals surface area contributed by atoms with Crippen molar-refractivity contribution in [2.75, 3.05) is 12.3 Å². The normalized spacial score (nSPS) is 26.2. The summed E-state index contributed by atoms with van der Waals surface area (Å²) in [6, 6.07) is 3.33. The molecule has 1 aliphatic carbocycles. The molecule has 0 unspecified atom stereocenters. The Hall–Kier alpha value is -1.62. The Bertz CT molecular complexity index is 468. The molecule has 1 aliphatic rings. The largest absolute Gasteiger partial charge is 0.397 e. The summed E-state index contributed by atoms with van der Waals surface area (Å²) in [5, 5.41) is 13.2. The van der Waals surface area contributed by atoms with Gasteiger partial charge in [0.15, 0.2) is 5.69 Å². The van der Waals surface area contributed by atoms with Gasteiger partial charge in [0.2, 0.25) is 0 Å². The fourth-order valence-electron chi connectivity index (χ4n) is 2.74. The Balaban J connectivity index is 1.89. The van der Waals surface area contributed by atoms with E-state index in [9.17, 15) is 9.90 Å². The second kappa shape index (κ2) is 6.22. The molecule has 1 saturated carbocycles. The van der Waals surface area contributed by atoms with Gasteiger partial charge >= 0.3 is 0 Å². The zero-order valence-corrected chi connectivity index (χ0v) is 11.9. The van der Waals surface area contributed by atoms with E-state index in [4.69, 9.17) is 5.73 Å². The van der Waals surface area contributed by atoms with Crippen molar-refractivity contribution in [3.8, 4) is 0 Å². The van der Waals surface area contributed by atoms with Gasteiger partial charge in [0.1, 0.15) is 0 Å². The second-order valence-electron chi connectivity index (χ2n) is 5.70. The van der Waals surface area contributed by atoms with E-state index in [0.29, 0.717) is 11.6 Å². The monoisotopic (exact) mass is 277 g/mol. The van der Waals surface area contributed by atoms with Gasteiger partial charge in [-0.15, -0.1) is 0 Å². The molecule has 0 radical (unpaired) electrons. The Kier molecular flexibility index (Phi) is 4.60. The number of carbonyl (C=O) groups is 1. The first-order valence-electron chi connectivity index (χ1n) is 7.25. The molecule has 0 spiro atoms. The second-order valence-corrected chi connectivity index (χ2v) is 5.70. The van der Waals surface area contributed by atoms with Crippen LogP contribution in [-0.2, 0) is 0 Å². The minimum Gasteiger partial charge on any atom is -0.397 e. The molecule has 110 valence electrons. The zero-order chi connectivity index (χ0) is 14.6. The van der Waals surface area contributed by atoms with Crippen molar-refractivity contribution in [3.63, 3.8) is 0 Å². The van der Waals surface area contributed by atoms with Gasteiger partial charge in [0.25, 0.3) is 5.91 Å². The van der Waals surface area contributed by atoms with Crippen molar-refractivity contribution in [1.29, 1.82) is 0 Å². The lowest BCUT2D eigenvalue weighted by molar-refractivity contribution is -0.00789. The van der Waals surface area contributed by atoms with Crippen molar-refractivity contribution in [3.05, 3.63) is 24.0 Å². The highest BCUT2D eigenvalue weighted by Crippen LogP contribution is 2.33. The lowest BCUT2D eigenvalue weighted by Crippen LogP contribution is -2.45. The number of anilines is 1. The van der Waals surface area contributed by atoms with E-state index in [1.165, 1.54) is 6.20 Å². The van der Waals surface area contributed by atoms with Crippen LogP contribution < -0.4 is 11.1 Å². The number of hydrogen-bond donors (Lipinski definition) is 3. The summed E-state index contributed by atoms with van der Waals surface area (Å²) in [6.45, 7) is 2.44. The van der Waals surface area contributed by atoms with Crippen LogP contribution in [0.2, 0.25) is 0 Å². The van der Waals surface area contributed by atoms with Gasteiger partial charge in [-0.1, -0.05) is 13.3 Å². The molecule has 5 heteroatoms. The quantitative estimate of drug-likeness (QED) is 0.782. The lowest BCUT2D eigenvalue weighted by atomic mass is 9.78. The molecule has 1 heterocycles. The molecule has 20 heavy (non-hydrogen) atoms. The topological polar surface area (TPSA) is 88.2 Å². The lowest BCUT2D eigenvalue weighted by Gasteiger charge is -2.35. The van der Waals surface area contributed by atoms with E-state index in [2.05, 4.69) is 17.2 Å². The minimum atomic E-state index is -0.787. The highest BCUT2D eigenvalue weighted by Gasteiger charge is 2.33. The van der Waals surface area contributed by atoms with Crippen molar-refractivity contribution in [2.45, 2.75) is 44.6 Å². The summed E-state index contributed by atoms with van der Waals surface area (Å²) in [6.07, 6.45) is 6.22.